The lowest BCUT2D eigenvalue weighted by molar-refractivity contribution is -0.126. The molecule has 1 aliphatic carbocycles. The summed E-state index contributed by atoms with van der Waals surface area (Å²) in [6.07, 6.45) is 2.27. The van der Waals surface area contributed by atoms with Gasteiger partial charge in [0.1, 0.15) is 29.5 Å². The molecule has 2 amide bonds. The Morgan fingerprint density at radius 1 is 1.08 bits per heavy atom. The van der Waals surface area contributed by atoms with E-state index in [-0.39, 0.29) is 61.4 Å². The van der Waals surface area contributed by atoms with Crippen molar-refractivity contribution in [1.82, 2.24) is 9.80 Å². The van der Waals surface area contributed by atoms with Crippen LogP contribution in [0.4, 0.5) is 9.59 Å². The normalized spacial score (nSPS) is 38.5. The van der Waals surface area contributed by atoms with Crippen LogP contribution in [0.2, 0.25) is 0 Å². The predicted molar refractivity (Wildman–Crippen MR) is 132 cm³/mol. The second kappa shape index (κ2) is 9.69. The molecule has 37 heavy (non-hydrogen) atoms. The van der Waals surface area contributed by atoms with Crippen molar-refractivity contribution in [3.63, 3.8) is 0 Å². The van der Waals surface area contributed by atoms with Crippen molar-refractivity contribution < 1.29 is 41.7 Å². The summed E-state index contributed by atoms with van der Waals surface area (Å²) in [6.45, 7) is 7.64. The molecule has 1 saturated carbocycles. The molecule has 0 N–H and O–H groups in total. The van der Waals surface area contributed by atoms with E-state index in [1.807, 2.05) is 0 Å². The largest absolute Gasteiger partial charge is 0.443 e. The molecule has 4 aliphatic heterocycles. The number of ether oxygens (including phenoxy) is 5. The van der Waals surface area contributed by atoms with Crippen LogP contribution in [0.5, 0.6) is 0 Å². The Morgan fingerprint density at radius 3 is 2.32 bits per heavy atom. The van der Waals surface area contributed by atoms with Gasteiger partial charge in [-0.1, -0.05) is 11.6 Å². The Hall–Kier alpha value is -1.89. The van der Waals surface area contributed by atoms with Crippen molar-refractivity contribution in [2.45, 2.75) is 75.7 Å². The van der Waals surface area contributed by atoms with Crippen molar-refractivity contribution >= 4 is 22.0 Å². The summed E-state index contributed by atoms with van der Waals surface area (Å²) in [5, 5.41) is 0. The molecule has 1 spiro atoms. The van der Waals surface area contributed by atoms with Gasteiger partial charge >= 0.3 is 12.2 Å². The minimum Gasteiger partial charge on any atom is -0.443 e. The van der Waals surface area contributed by atoms with Crippen LogP contribution < -0.4 is 0 Å². The number of sulfone groups is 1. The number of carbonyl (C=O) groups excluding carboxylic acids is 2. The van der Waals surface area contributed by atoms with E-state index in [0.717, 1.165) is 12.8 Å². The fourth-order valence-electron chi connectivity index (χ4n) is 6.05. The second-order valence-corrected chi connectivity index (χ2v) is 13.7. The molecule has 4 saturated heterocycles. The molecule has 5 rings (SSSR count). The van der Waals surface area contributed by atoms with Crippen LogP contribution in [-0.2, 0) is 33.5 Å². The zero-order valence-electron chi connectivity index (χ0n) is 22.0. The number of hydrogen-bond donors (Lipinski definition) is 0. The fourth-order valence-corrected chi connectivity index (χ4v) is 7.25. The Balaban J connectivity index is 1.13. The number of methoxy groups -OCH3 is 1. The van der Waals surface area contributed by atoms with Gasteiger partial charge in [-0.2, -0.15) is 0 Å². The third kappa shape index (κ3) is 5.35. The maximum atomic E-state index is 12.9. The highest BCUT2D eigenvalue weighted by Crippen LogP contribution is 2.59. The summed E-state index contributed by atoms with van der Waals surface area (Å²) >= 11 is 0. The van der Waals surface area contributed by atoms with Gasteiger partial charge in [0.25, 0.3) is 0 Å². The van der Waals surface area contributed by atoms with E-state index in [0.29, 0.717) is 13.0 Å². The van der Waals surface area contributed by atoms with Crippen molar-refractivity contribution in [3.05, 3.63) is 11.6 Å². The van der Waals surface area contributed by atoms with Gasteiger partial charge in [-0.3, -0.25) is 0 Å². The van der Waals surface area contributed by atoms with Gasteiger partial charge in [-0.05, 0) is 40.0 Å². The third-order valence-electron chi connectivity index (χ3n) is 8.47. The highest BCUT2D eigenvalue weighted by Gasteiger charge is 2.72. The number of nitrogens with zero attached hydrogens (tertiary/aromatic N) is 2. The van der Waals surface area contributed by atoms with Crippen molar-refractivity contribution in [3.8, 4) is 0 Å². The van der Waals surface area contributed by atoms with E-state index in [9.17, 15) is 18.0 Å². The van der Waals surface area contributed by atoms with Crippen LogP contribution in [0.15, 0.2) is 11.6 Å². The van der Waals surface area contributed by atoms with E-state index < -0.39 is 39.8 Å². The molecule has 0 aromatic heterocycles. The summed E-state index contributed by atoms with van der Waals surface area (Å²) in [6, 6.07) is 0. The summed E-state index contributed by atoms with van der Waals surface area (Å²) in [5.41, 5.74) is 0.552. The highest BCUT2D eigenvalue weighted by atomic mass is 32.2. The molecule has 6 atom stereocenters. The van der Waals surface area contributed by atoms with Gasteiger partial charge in [0.2, 0.25) is 0 Å². The topological polar surface area (TPSA) is 128 Å². The predicted octanol–water partition coefficient (Wildman–Crippen LogP) is 1.75. The number of hydrogen-bond acceptors (Lipinski definition) is 9. The van der Waals surface area contributed by atoms with Crippen LogP contribution in [0.1, 0.15) is 40.0 Å². The van der Waals surface area contributed by atoms with Crippen molar-refractivity contribution in [1.29, 1.82) is 0 Å². The smallest absolute Gasteiger partial charge is 0.410 e. The first-order valence-electron chi connectivity index (χ1n) is 13.1. The highest BCUT2D eigenvalue weighted by molar-refractivity contribution is 7.91. The monoisotopic (exact) mass is 542 g/mol. The molecule has 208 valence electrons. The van der Waals surface area contributed by atoms with E-state index in [4.69, 9.17) is 23.7 Å². The minimum absolute atomic E-state index is 0.0504. The van der Waals surface area contributed by atoms with Crippen LogP contribution >= 0.6 is 0 Å². The average molecular weight is 543 g/mol. The molecule has 5 fully saturated rings. The maximum absolute atomic E-state index is 12.9. The molecule has 1 unspecified atom stereocenters. The molecule has 0 aromatic rings. The number of rotatable bonds is 6. The van der Waals surface area contributed by atoms with Crippen molar-refractivity contribution in [2.75, 3.05) is 51.4 Å². The first-order chi connectivity index (χ1) is 17.5. The molecule has 12 heteroatoms. The lowest BCUT2D eigenvalue weighted by Gasteiger charge is -2.44. The lowest BCUT2D eigenvalue weighted by atomic mass is 9.68. The van der Waals surface area contributed by atoms with Crippen LogP contribution in [-0.4, -0.2) is 117 Å². The van der Waals surface area contributed by atoms with Crippen molar-refractivity contribution in [2.24, 2.45) is 5.92 Å². The summed E-state index contributed by atoms with van der Waals surface area (Å²) in [4.78, 5) is 28.1. The standard InChI is InChI=1S/C25H38N2O9S/c1-16(2)5-6-19-24(3,36-19)21-20(32-4)18(7-8-25(21)15-33-25)35-23(29)27-13-17(14-27)34-22(28)26-9-11-37(30,31)12-10-26/h5,17-21H,6-15H2,1-4H3/t18-,19-,20-,21?,24+,25+/m1/s1. The molecule has 0 bridgehead atoms. The van der Waals surface area contributed by atoms with E-state index in [1.165, 1.54) is 15.4 Å². The van der Waals surface area contributed by atoms with E-state index in [2.05, 4.69) is 26.8 Å². The first kappa shape index (κ1) is 26.7. The van der Waals surface area contributed by atoms with E-state index in [1.54, 1.807) is 7.11 Å². The zero-order valence-corrected chi connectivity index (χ0v) is 22.8. The Bertz CT molecular complexity index is 1030. The van der Waals surface area contributed by atoms with Crippen LogP contribution in [0.25, 0.3) is 0 Å². The Kier molecular flexibility index (Phi) is 7.00. The number of amides is 2. The van der Waals surface area contributed by atoms with E-state index >= 15 is 0 Å². The third-order valence-corrected chi connectivity index (χ3v) is 10.1. The van der Waals surface area contributed by atoms with Gasteiger partial charge in [-0.15, -0.1) is 0 Å². The number of likely N-dealkylation sites (tertiary alicyclic amines) is 1. The maximum Gasteiger partial charge on any atom is 0.410 e. The molecule has 5 aliphatic rings. The summed E-state index contributed by atoms with van der Waals surface area (Å²) in [5.74, 6) is -0.161. The van der Waals surface area contributed by atoms with Gasteiger partial charge < -0.3 is 33.5 Å². The Labute approximate surface area is 218 Å². The second-order valence-electron chi connectivity index (χ2n) is 11.3. The molecule has 0 radical (unpaired) electrons. The lowest BCUT2D eigenvalue weighted by Crippen LogP contribution is -2.59. The van der Waals surface area contributed by atoms with Gasteiger partial charge in [0, 0.05) is 20.2 Å². The summed E-state index contributed by atoms with van der Waals surface area (Å²) < 4.78 is 52.6. The minimum atomic E-state index is -3.08. The van der Waals surface area contributed by atoms with Crippen LogP contribution in [0.3, 0.4) is 0 Å². The quantitative estimate of drug-likeness (QED) is 0.364. The summed E-state index contributed by atoms with van der Waals surface area (Å²) in [7, 11) is -1.44. The molecular formula is C25H38N2O9S. The molecular weight excluding hydrogens is 504 g/mol. The molecule has 11 nitrogen and oxygen atoms in total. The fraction of sp³-hybridized carbons (Fsp3) is 0.840. The zero-order chi connectivity index (χ0) is 26.6. The van der Waals surface area contributed by atoms with Gasteiger partial charge in [-0.25, -0.2) is 18.0 Å². The molecule has 0 aromatic carbocycles. The molecule has 4 heterocycles. The number of carbonyl (C=O) groups is 2. The first-order valence-corrected chi connectivity index (χ1v) is 14.9. The Morgan fingerprint density at radius 2 is 1.73 bits per heavy atom. The number of epoxide rings is 2. The number of allylic oxidation sites excluding steroid dienone is 1. The van der Waals surface area contributed by atoms with Gasteiger partial charge in [0.15, 0.2) is 9.84 Å². The SMILES string of the molecule is CO[C@H]1C([C@@]2(C)O[C@@H]2CC=C(C)C)[C@]2(CC[C@H]1OC(=O)N1CC(OC(=O)N3CCS(=O)(=O)CC3)C1)CO2. The van der Waals surface area contributed by atoms with Gasteiger partial charge in [0.05, 0.1) is 43.2 Å². The van der Waals surface area contributed by atoms with Crippen LogP contribution in [0, 0.1) is 5.92 Å². The average Bonchev–Trinajstić information content (AvgIpc) is 3.72.